The van der Waals surface area contributed by atoms with Gasteiger partial charge in [0.2, 0.25) is 0 Å². The van der Waals surface area contributed by atoms with Gasteiger partial charge < -0.3 is 5.32 Å². The van der Waals surface area contributed by atoms with E-state index in [1.54, 1.807) is 0 Å². The molecule has 2 heteroatoms. The first-order chi connectivity index (χ1) is 5.24. The number of nitrogens with one attached hydrogen (secondary N) is 1. The van der Waals surface area contributed by atoms with Crippen molar-refractivity contribution in [1.82, 2.24) is 5.32 Å². The van der Waals surface area contributed by atoms with Crippen LogP contribution in [-0.2, 0) is 6.54 Å². The molecule has 0 saturated carbocycles. The number of halogens is 1. The molecule has 0 aliphatic rings. The molecule has 1 N–H and O–H groups in total. The van der Waals surface area contributed by atoms with Crippen LogP contribution in [0.2, 0.25) is 5.02 Å². The molecule has 0 spiro atoms. The zero-order valence-electron chi connectivity index (χ0n) is 6.82. The van der Waals surface area contributed by atoms with Gasteiger partial charge in [0, 0.05) is 11.6 Å². The summed E-state index contributed by atoms with van der Waals surface area (Å²) in [6, 6.07) is 6.11. The highest BCUT2D eigenvalue weighted by molar-refractivity contribution is 6.31. The van der Waals surface area contributed by atoms with Gasteiger partial charge in [-0.25, -0.2) is 0 Å². The quantitative estimate of drug-likeness (QED) is 0.717. The Morgan fingerprint density at radius 2 is 2.18 bits per heavy atom. The summed E-state index contributed by atoms with van der Waals surface area (Å²) in [4.78, 5) is 0. The van der Waals surface area contributed by atoms with Gasteiger partial charge in [-0.05, 0) is 31.2 Å². The van der Waals surface area contributed by atoms with Crippen LogP contribution >= 0.6 is 11.6 Å². The van der Waals surface area contributed by atoms with Crippen LogP contribution in [0.25, 0.3) is 0 Å². The molecule has 0 bridgehead atoms. The van der Waals surface area contributed by atoms with Gasteiger partial charge in [0.25, 0.3) is 0 Å². The molecule has 0 radical (unpaired) electrons. The first-order valence-electron chi connectivity index (χ1n) is 3.63. The molecule has 1 nitrogen and oxygen atoms in total. The molecule has 1 aromatic carbocycles. The van der Waals surface area contributed by atoms with E-state index >= 15 is 0 Å². The van der Waals surface area contributed by atoms with E-state index < -0.39 is 0 Å². The van der Waals surface area contributed by atoms with Gasteiger partial charge in [-0.3, -0.25) is 0 Å². The van der Waals surface area contributed by atoms with Crippen molar-refractivity contribution in [2.45, 2.75) is 13.5 Å². The Kier molecular flexibility index (Phi) is 2.92. The lowest BCUT2D eigenvalue weighted by atomic mass is 10.1. The maximum atomic E-state index is 5.92. The van der Waals surface area contributed by atoms with Crippen LogP contribution in [0.3, 0.4) is 0 Å². The zero-order valence-corrected chi connectivity index (χ0v) is 7.57. The van der Waals surface area contributed by atoms with E-state index in [9.17, 15) is 0 Å². The minimum atomic E-state index is 0.845. The van der Waals surface area contributed by atoms with E-state index in [4.69, 9.17) is 11.6 Å². The van der Waals surface area contributed by atoms with Crippen LogP contribution in [0.4, 0.5) is 0 Å². The Labute approximate surface area is 72.4 Å². The summed E-state index contributed by atoms with van der Waals surface area (Å²) in [6.07, 6.45) is 0. The highest BCUT2D eigenvalue weighted by Crippen LogP contribution is 2.16. The largest absolute Gasteiger partial charge is 0.316 e. The van der Waals surface area contributed by atoms with E-state index in [-0.39, 0.29) is 0 Å². The van der Waals surface area contributed by atoms with E-state index in [1.807, 2.05) is 26.1 Å². The molecule has 60 valence electrons. The molecule has 0 atom stereocenters. The number of benzene rings is 1. The summed E-state index contributed by atoms with van der Waals surface area (Å²) in [6.45, 7) is 2.88. The Morgan fingerprint density at radius 1 is 1.45 bits per heavy atom. The Hall–Kier alpha value is -0.530. The van der Waals surface area contributed by atoms with Gasteiger partial charge in [0.1, 0.15) is 0 Å². The predicted octanol–water partition coefficient (Wildman–Crippen LogP) is 2.37. The molecule has 1 aromatic rings. The van der Waals surface area contributed by atoms with Crippen molar-refractivity contribution in [2.75, 3.05) is 7.05 Å². The minimum absolute atomic E-state index is 0.845. The van der Waals surface area contributed by atoms with E-state index in [0.29, 0.717) is 0 Å². The Bertz CT molecular complexity index is 245. The SMILES string of the molecule is CNCc1ccc(C)c(Cl)c1. The standard InChI is InChI=1S/C9H12ClN/c1-7-3-4-8(6-11-2)5-9(7)10/h3-5,11H,6H2,1-2H3. The van der Waals surface area contributed by atoms with Gasteiger partial charge >= 0.3 is 0 Å². The van der Waals surface area contributed by atoms with Crippen molar-refractivity contribution in [3.8, 4) is 0 Å². The van der Waals surface area contributed by atoms with Crippen molar-refractivity contribution in [2.24, 2.45) is 0 Å². The third-order valence-electron chi connectivity index (χ3n) is 1.62. The van der Waals surface area contributed by atoms with Crippen molar-refractivity contribution in [3.05, 3.63) is 34.3 Å². The first kappa shape index (κ1) is 8.57. The van der Waals surface area contributed by atoms with Crippen LogP contribution in [0.15, 0.2) is 18.2 Å². The summed E-state index contributed by atoms with van der Waals surface area (Å²) in [5, 5.41) is 3.92. The van der Waals surface area contributed by atoms with Gasteiger partial charge in [0.05, 0.1) is 0 Å². The fraction of sp³-hybridized carbons (Fsp3) is 0.333. The molecule has 11 heavy (non-hydrogen) atoms. The molecule has 0 aromatic heterocycles. The maximum absolute atomic E-state index is 5.92. The second-order valence-electron chi connectivity index (χ2n) is 2.61. The fourth-order valence-electron chi connectivity index (χ4n) is 0.950. The van der Waals surface area contributed by atoms with Crippen molar-refractivity contribution < 1.29 is 0 Å². The molecular formula is C9H12ClN. The van der Waals surface area contributed by atoms with E-state index in [2.05, 4.69) is 11.4 Å². The molecule has 0 saturated heterocycles. The minimum Gasteiger partial charge on any atom is -0.316 e. The molecular weight excluding hydrogens is 158 g/mol. The lowest BCUT2D eigenvalue weighted by Crippen LogP contribution is -2.04. The smallest absolute Gasteiger partial charge is 0.0438 e. The highest BCUT2D eigenvalue weighted by Gasteiger charge is 1.95. The molecule has 0 aliphatic carbocycles. The summed E-state index contributed by atoms with van der Waals surface area (Å²) in [5.74, 6) is 0. The number of hydrogen-bond acceptors (Lipinski definition) is 1. The second-order valence-corrected chi connectivity index (χ2v) is 3.02. The summed E-state index contributed by atoms with van der Waals surface area (Å²) in [5.41, 5.74) is 2.36. The molecule has 0 amide bonds. The van der Waals surface area contributed by atoms with Gasteiger partial charge in [-0.15, -0.1) is 0 Å². The van der Waals surface area contributed by atoms with Crippen molar-refractivity contribution >= 4 is 11.6 Å². The van der Waals surface area contributed by atoms with E-state index in [1.165, 1.54) is 5.56 Å². The Balaban J connectivity index is 2.86. The first-order valence-corrected chi connectivity index (χ1v) is 4.01. The summed E-state index contributed by atoms with van der Waals surface area (Å²) in [7, 11) is 1.92. The third-order valence-corrected chi connectivity index (χ3v) is 2.02. The molecule has 0 unspecified atom stereocenters. The van der Waals surface area contributed by atoms with Gasteiger partial charge in [-0.2, -0.15) is 0 Å². The van der Waals surface area contributed by atoms with Crippen molar-refractivity contribution in [1.29, 1.82) is 0 Å². The lowest BCUT2D eigenvalue weighted by Gasteiger charge is -2.02. The summed E-state index contributed by atoms with van der Waals surface area (Å²) >= 11 is 5.92. The highest BCUT2D eigenvalue weighted by atomic mass is 35.5. The van der Waals surface area contributed by atoms with Crippen LogP contribution in [0.5, 0.6) is 0 Å². The third kappa shape index (κ3) is 2.21. The second kappa shape index (κ2) is 3.74. The molecule has 0 fully saturated rings. The molecule has 0 heterocycles. The number of rotatable bonds is 2. The average molecular weight is 170 g/mol. The lowest BCUT2D eigenvalue weighted by molar-refractivity contribution is 0.817. The Morgan fingerprint density at radius 3 is 2.73 bits per heavy atom. The number of hydrogen-bond donors (Lipinski definition) is 1. The van der Waals surface area contributed by atoms with Crippen molar-refractivity contribution in [3.63, 3.8) is 0 Å². The van der Waals surface area contributed by atoms with Gasteiger partial charge in [0.15, 0.2) is 0 Å². The zero-order chi connectivity index (χ0) is 8.27. The van der Waals surface area contributed by atoms with Crippen LogP contribution < -0.4 is 5.32 Å². The van der Waals surface area contributed by atoms with Gasteiger partial charge in [-0.1, -0.05) is 23.7 Å². The predicted molar refractivity (Wildman–Crippen MR) is 49.0 cm³/mol. The molecule has 0 aliphatic heterocycles. The van der Waals surface area contributed by atoms with Crippen LogP contribution in [0, 0.1) is 6.92 Å². The molecule has 1 rings (SSSR count). The fourth-order valence-corrected chi connectivity index (χ4v) is 1.15. The monoisotopic (exact) mass is 169 g/mol. The average Bonchev–Trinajstić information content (AvgIpc) is 1.98. The topological polar surface area (TPSA) is 12.0 Å². The van der Waals surface area contributed by atoms with E-state index in [0.717, 1.165) is 17.1 Å². The maximum Gasteiger partial charge on any atom is 0.0438 e. The summed E-state index contributed by atoms with van der Waals surface area (Å²) < 4.78 is 0. The van der Waals surface area contributed by atoms with Crippen LogP contribution in [0.1, 0.15) is 11.1 Å². The van der Waals surface area contributed by atoms with Crippen LogP contribution in [-0.4, -0.2) is 7.05 Å². The number of aryl methyl sites for hydroxylation is 1. The normalized spacial score (nSPS) is 10.1.